The fourth-order valence-corrected chi connectivity index (χ4v) is 1.43. The summed E-state index contributed by atoms with van der Waals surface area (Å²) in [4.78, 5) is 13.4. The second-order valence-electron chi connectivity index (χ2n) is 3.70. The van der Waals surface area contributed by atoms with Crippen molar-refractivity contribution in [2.45, 2.75) is 32.4 Å². The lowest BCUT2D eigenvalue weighted by molar-refractivity contribution is -0.131. The summed E-state index contributed by atoms with van der Waals surface area (Å²) in [5, 5.41) is 6.53. The Labute approximate surface area is 89.6 Å². The molecule has 5 nitrogen and oxygen atoms in total. The van der Waals surface area contributed by atoms with Crippen molar-refractivity contribution >= 4 is 5.91 Å². The molecule has 0 aliphatic carbocycles. The summed E-state index contributed by atoms with van der Waals surface area (Å²) < 4.78 is 0. The molecule has 1 heterocycles. The molecule has 0 fully saturated rings. The number of amides is 1. The lowest BCUT2D eigenvalue weighted by Gasteiger charge is -2.20. The van der Waals surface area contributed by atoms with Crippen LogP contribution in [0, 0.1) is 0 Å². The van der Waals surface area contributed by atoms with Gasteiger partial charge >= 0.3 is 0 Å². The van der Waals surface area contributed by atoms with Crippen LogP contribution in [0.15, 0.2) is 12.4 Å². The average Bonchev–Trinajstić information content (AvgIpc) is 2.69. The van der Waals surface area contributed by atoms with Crippen LogP contribution in [-0.2, 0) is 11.3 Å². The van der Waals surface area contributed by atoms with Crippen molar-refractivity contribution in [3.8, 4) is 0 Å². The largest absolute Gasteiger partial charge is 0.340 e. The Morgan fingerprint density at radius 2 is 2.47 bits per heavy atom. The summed E-state index contributed by atoms with van der Waals surface area (Å²) >= 11 is 0. The number of H-pyrrole nitrogens is 1. The van der Waals surface area contributed by atoms with Gasteiger partial charge in [0.2, 0.25) is 5.91 Å². The lowest BCUT2D eigenvalue weighted by Crippen LogP contribution is -2.41. The van der Waals surface area contributed by atoms with Gasteiger partial charge in [-0.15, -0.1) is 0 Å². The zero-order chi connectivity index (χ0) is 11.3. The van der Waals surface area contributed by atoms with Crippen molar-refractivity contribution in [1.29, 1.82) is 0 Å². The van der Waals surface area contributed by atoms with E-state index in [0.29, 0.717) is 6.54 Å². The highest BCUT2D eigenvalue weighted by Crippen LogP contribution is 2.03. The SMILES string of the molecule is CCCC(N)C(=O)N(C)Cc1cn[nH]c1. The number of rotatable bonds is 5. The molecule has 0 saturated carbocycles. The smallest absolute Gasteiger partial charge is 0.239 e. The molecule has 0 aliphatic heterocycles. The Morgan fingerprint density at radius 1 is 1.73 bits per heavy atom. The molecule has 1 aromatic rings. The fourth-order valence-electron chi connectivity index (χ4n) is 1.43. The molecular weight excluding hydrogens is 192 g/mol. The zero-order valence-corrected chi connectivity index (χ0v) is 9.23. The first-order chi connectivity index (χ1) is 7.15. The molecule has 15 heavy (non-hydrogen) atoms. The van der Waals surface area contributed by atoms with Crippen LogP contribution in [0.5, 0.6) is 0 Å². The number of nitrogens with zero attached hydrogens (tertiary/aromatic N) is 2. The number of aromatic amines is 1. The van der Waals surface area contributed by atoms with Crippen LogP contribution in [0.2, 0.25) is 0 Å². The number of carbonyl (C=O) groups excluding carboxylic acids is 1. The van der Waals surface area contributed by atoms with Gasteiger partial charge in [0, 0.05) is 25.4 Å². The van der Waals surface area contributed by atoms with Gasteiger partial charge in [-0.1, -0.05) is 13.3 Å². The number of carbonyl (C=O) groups is 1. The predicted molar refractivity (Wildman–Crippen MR) is 57.9 cm³/mol. The third-order valence-electron chi connectivity index (χ3n) is 2.27. The maximum absolute atomic E-state index is 11.7. The fraction of sp³-hybridized carbons (Fsp3) is 0.600. The van der Waals surface area contributed by atoms with Gasteiger partial charge < -0.3 is 10.6 Å². The number of likely N-dealkylation sites (N-methyl/N-ethyl adjacent to an activating group) is 1. The third kappa shape index (κ3) is 3.36. The monoisotopic (exact) mass is 210 g/mol. The Hall–Kier alpha value is -1.36. The van der Waals surface area contributed by atoms with Crippen LogP contribution in [0.25, 0.3) is 0 Å². The van der Waals surface area contributed by atoms with Gasteiger partial charge in [-0.2, -0.15) is 5.10 Å². The van der Waals surface area contributed by atoms with Gasteiger partial charge in [0.15, 0.2) is 0 Å². The Bertz CT molecular complexity index is 296. The van der Waals surface area contributed by atoms with Gasteiger partial charge in [-0.25, -0.2) is 0 Å². The Morgan fingerprint density at radius 3 is 3.00 bits per heavy atom. The Kier molecular flexibility index (Phi) is 4.30. The van der Waals surface area contributed by atoms with Crippen molar-refractivity contribution in [2.24, 2.45) is 5.73 Å². The highest BCUT2D eigenvalue weighted by Gasteiger charge is 2.17. The zero-order valence-electron chi connectivity index (χ0n) is 9.23. The molecule has 0 aromatic carbocycles. The minimum Gasteiger partial charge on any atom is -0.340 e. The van der Waals surface area contributed by atoms with Crippen molar-refractivity contribution in [1.82, 2.24) is 15.1 Å². The molecule has 0 saturated heterocycles. The van der Waals surface area contributed by atoms with Gasteiger partial charge in [-0.3, -0.25) is 9.89 Å². The Balaban J connectivity index is 2.46. The summed E-state index contributed by atoms with van der Waals surface area (Å²) in [6, 6.07) is -0.382. The van der Waals surface area contributed by atoms with E-state index in [0.717, 1.165) is 18.4 Å². The molecule has 1 atom stereocenters. The summed E-state index contributed by atoms with van der Waals surface area (Å²) in [5.74, 6) is -0.0157. The molecular formula is C10H18N4O. The van der Waals surface area contributed by atoms with E-state index in [-0.39, 0.29) is 11.9 Å². The minimum atomic E-state index is -0.382. The summed E-state index contributed by atoms with van der Waals surface area (Å²) in [6.07, 6.45) is 5.13. The average molecular weight is 210 g/mol. The summed E-state index contributed by atoms with van der Waals surface area (Å²) in [5.41, 5.74) is 6.72. The van der Waals surface area contributed by atoms with E-state index in [1.54, 1.807) is 24.3 Å². The van der Waals surface area contributed by atoms with E-state index >= 15 is 0 Å². The van der Waals surface area contributed by atoms with Crippen LogP contribution in [0.3, 0.4) is 0 Å². The number of aromatic nitrogens is 2. The van der Waals surface area contributed by atoms with E-state index in [2.05, 4.69) is 10.2 Å². The summed E-state index contributed by atoms with van der Waals surface area (Å²) in [7, 11) is 1.75. The highest BCUT2D eigenvalue weighted by atomic mass is 16.2. The normalized spacial score (nSPS) is 12.5. The number of hydrogen-bond acceptors (Lipinski definition) is 3. The van der Waals surface area contributed by atoms with Gasteiger partial charge in [-0.05, 0) is 6.42 Å². The van der Waals surface area contributed by atoms with Gasteiger partial charge in [0.25, 0.3) is 0 Å². The second kappa shape index (κ2) is 5.50. The minimum absolute atomic E-state index is 0.0157. The highest BCUT2D eigenvalue weighted by molar-refractivity contribution is 5.81. The number of hydrogen-bond donors (Lipinski definition) is 2. The van der Waals surface area contributed by atoms with Crippen LogP contribution in [0.1, 0.15) is 25.3 Å². The van der Waals surface area contributed by atoms with Crippen LogP contribution in [0.4, 0.5) is 0 Å². The molecule has 0 radical (unpaired) electrons. The molecule has 1 aromatic heterocycles. The molecule has 0 aliphatic rings. The van der Waals surface area contributed by atoms with Gasteiger partial charge in [0.05, 0.1) is 12.2 Å². The van der Waals surface area contributed by atoms with Crippen molar-refractivity contribution in [3.63, 3.8) is 0 Å². The molecule has 1 unspecified atom stereocenters. The van der Waals surface area contributed by atoms with E-state index in [4.69, 9.17) is 5.73 Å². The predicted octanol–water partition coefficient (Wildman–Crippen LogP) is 0.495. The summed E-state index contributed by atoms with van der Waals surface area (Å²) in [6.45, 7) is 2.57. The van der Waals surface area contributed by atoms with Crippen molar-refractivity contribution < 1.29 is 4.79 Å². The number of nitrogens with one attached hydrogen (secondary N) is 1. The third-order valence-corrected chi connectivity index (χ3v) is 2.27. The molecule has 0 bridgehead atoms. The second-order valence-corrected chi connectivity index (χ2v) is 3.70. The van der Waals surface area contributed by atoms with E-state index in [1.807, 2.05) is 6.92 Å². The van der Waals surface area contributed by atoms with Crippen molar-refractivity contribution in [3.05, 3.63) is 18.0 Å². The first-order valence-corrected chi connectivity index (χ1v) is 5.13. The van der Waals surface area contributed by atoms with Gasteiger partial charge in [0.1, 0.15) is 0 Å². The molecule has 84 valence electrons. The van der Waals surface area contributed by atoms with Crippen LogP contribution >= 0.6 is 0 Å². The van der Waals surface area contributed by atoms with E-state index in [1.165, 1.54) is 0 Å². The quantitative estimate of drug-likeness (QED) is 0.743. The first-order valence-electron chi connectivity index (χ1n) is 5.13. The number of nitrogens with two attached hydrogens (primary N) is 1. The molecule has 0 spiro atoms. The standard InChI is InChI=1S/C10H18N4O/c1-3-4-9(11)10(15)14(2)7-8-5-12-13-6-8/h5-6,9H,3-4,7,11H2,1-2H3,(H,12,13). The maximum Gasteiger partial charge on any atom is 0.239 e. The first kappa shape index (κ1) is 11.7. The van der Waals surface area contributed by atoms with E-state index < -0.39 is 0 Å². The molecule has 1 rings (SSSR count). The van der Waals surface area contributed by atoms with Crippen molar-refractivity contribution in [2.75, 3.05) is 7.05 Å². The molecule has 1 amide bonds. The van der Waals surface area contributed by atoms with Crippen LogP contribution < -0.4 is 5.73 Å². The molecule has 5 heteroatoms. The molecule has 3 N–H and O–H groups in total. The maximum atomic E-state index is 11.7. The van der Waals surface area contributed by atoms with E-state index in [9.17, 15) is 4.79 Å². The topological polar surface area (TPSA) is 75.0 Å². The lowest BCUT2D eigenvalue weighted by atomic mass is 10.1. The van der Waals surface area contributed by atoms with Crippen LogP contribution in [-0.4, -0.2) is 34.1 Å².